The van der Waals surface area contributed by atoms with Gasteiger partial charge >= 0.3 is 0 Å². The number of nitrogens with two attached hydrogens (primary N) is 1. The molecule has 0 unspecified atom stereocenters. The van der Waals surface area contributed by atoms with E-state index in [0.717, 1.165) is 0 Å². The number of carbonyl (C=O) groups excluding carboxylic acids is 1. The van der Waals surface area contributed by atoms with Crippen molar-refractivity contribution in [3.8, 4) is 0 Å². The van der Waals surface area contributed by atoms with Crippen LogP contribution in [0.5, 0.6) is 0 Å². The summed E-state index contributed by atoms with van der Waals surface area (Å²) in [4.78, 5) is 11.8. The van der Waals surface area contributed by atoms with Crippen molar-refractivity contribution in [1.82, 2.24) is 5.16 Å². The largest absolute Gasteiger partial charge is 0.397 e. The molecule has 88 valence electrons. The topological polar surface area (TPSA) is 81.2 Å². The van der Waals surface area contributed by atoms with Crippen molar-refractivity contribution in [3.05, 3.63) is 40.7 Å². The first kappa shape index (κ1) is 11.5. The lowest BCUT2D eigenvalue weighted by Gasteiger charge is -2.06. The van der Waals surface area contributed by atoms with Crippen LogP contribution < -0.4 is 11.1 Å². The third-order valence-electron chi connectivity index (χ3n) is 2.12. The van der Waals surface area contributed by atoms with Crippen molar-refractivity contribution in [2.75, 3.05) is 11.1 Å². The molecule has 0 saturated heterocycles. The van der Waals surface area contributed by atoms with Gasteiger partial charge in [0.05, 0.1) is 11.4 Å². The molecule has 2 rings (SSSR count). The predicted octanol–water partition coefficient (Wildman–Crippen LogP) is 2.47. The Kier molecular flexibility index (Phi) is 3.01. The van der Waals surface area contributed by atoms with Crippen LogP contribution in [-0.4, -0.2) is 11.1 Å². The van der Waals surface area contributed by atoms with E-state index in [9.17, 15) is 4.79 Å². The summed E-state index contributed by atoms with van der Waals surface area (Å²) in [5.74, 6) is 0.171. The Bertz CT molecular complexity index is 566. The van der Waals surface area contributed by atoms with Crippen LogP contribution in [0.4, 0.5) is 11.4 Å². The number of hydrogen-bond donors (Lipinski definition) is 2. The minimum Gasteiger partial charge on any atom is -0.397 e. The van der Waals surface area contributed by atoms with Gasteiger partial charge in [0.2, 0.25) is 0 Å². The number of benzene rings is 1. The number of aryl methyl sites for hydroxylation is 1. The zero-order valence-corrected chi connectivity index (χ0v) is 9.78. The molecule has 0 bridgehead atoms. The standard InChI is InChI=1S/C11H10ClN3O2/c1-6-4-10(15-17-6)11(16)14-9-5-7(12)2-3-8(9)13/h2-5H,13H2,1H3,(H,14,16). The molecule has 0 atom stereocenters. The molecule has 0 radical (unpaired) electrons. The van der Waals surface area contributed by atoms with Gasteiger partial charge in [-0.1, -0.05) is 16.8 Å². The summed E-state index contributed by atoms with van der Waals surface area (Å²) in [6.45, 7) is 1.71. The lowest BCUT2D eigenvalue weighted by Crippen LogP contribution is -2.13. The van der Waals surface area contributed by atoms with Gasteiger partial charge < -0.3 is 15.6 Å². The zero-order valence-electron chi connectivity index (χ0n) is 9.03. The molecule has 0 aliphatic rings. The fraction of sp³-hybridized carbons (Fsp3) is 0.0909. The Morgan fingerprint density at radius 1 is 1.47 bits per heavy atom. The van der Waals surface area contributed by atoms with E-state index in [2.05, 4.69) is 10.5 Å². The number of rotatable bonds is 2. The Labute approximate surface area is 103 Å². The van der Waals surface area contributed by atoms with E-state index in [1.807, 2.05) is 0 Å². The van der Waals surface area contributed by atoms with Crippen LogP contribution in [-0.2, 0) is 0 Å². The number of anilines is 2. The van der Waals surface area contributed by atoms with Crippen LogP contribution in [0.15, 0.2) is 28.8 Å². The molecule has 17 heavy (non-hydrogen) atoms. The number of carbonyl (C=O) groups is 1. The van der Waals surface area contributed by atoms with Crippen LogP contribution in [0.1, 0.15) is 16.2 Å². The summed E-state index contributed by atoms with van der Waals surface area (Å²) in [5.41, 5.74) is 6.78. The molecular formula is C11H10ClN3O2. The summed E-state index contributed by atoms with van der Waals surface area (Å²) in [6.07, 6.45) is 0. The third kappa shape index (κ3) is 2.57. The van der Waals surface area contributed by atoms with Gasteiger partial charge in [-0.15, -0.1) is 0 Å². The fourth-order valence-corrected chi connectivity index (χ4v) is 1.47. The van der Waals surface area contributed by atoms with Gasteiger partial charge in [-0.25, -0.2) is 0 Å². The smallest absolute Gasteiger partial charge is 0.277 e. The fourth-order valence-electron chi connectivity index (χ4n) is 1.30. The van der Waals surface area contributed by atoms with E-state index < -0.39 is 5.91 Å². The van der Waals surface area contributed by atoms with Crippen LogP contribution in [0.25, 0.3) is 0 Å². The number of halogens is 1. The highest BCUT2D eigenvalue weighted by Gasteiger charge is 2.12. The molecule has 6 heteroatoms. The second-order valence-corrected chi connectivity index (χ2v) is 3.94. The first-order valence-electron chi connectivity index (χ1n) is 4.86. The minimum absolute atomic E-state index is 0.196. The molecule has 0 saturated carbocycles. The number of nitrogens with zero attached hydrogens (tertiary/aromatic N) is 1. The minimum atomic E-state index is -0.393. The number of aromatic nitrogens is 1. The molecule has 1 aromatic heterocycles. The van der Waals surface area contributed by atoms with E-state index in [1.165, 1.54) is 6.07 Å². The first-order chi connectivity index (χ1) is 8.06. The highest BCUT2D eigenvalue weighted by Crippen LogP contribution is 2.23. The zero-order chi connectivity index (χ0) is 12.4. The molecule has 0 spiro atoms. The molecular weight excluding hydrogens is 242 g/mol. The Morgan fingerprint density at radius 3 is 2.88 bits per heavy atom. The van der Waals surface area contributed by atoms with E-state index in [0.29, 0.717) is 22.2 Å². The van der Waals surface area contributed by atoms with Gasteiger partial charge in [-0.3, -0.25) is 4.79 Å². The van der Waals surface area contributed by atoms with Crippen molar-refractivity contribution < 1.29 is 9.32 Å². The summed E-state index contributed by atoms with van der Waals surface area (Å²) >= 11 is 5.81. The molecule has 3 N–H and O–H groups in total. The Morgan fingerprint density at radius 2 is 2.24 bits per heavy atom. The predicted molar refractivity (Wildman–Crippen MR) is 65.1 cm³/mol. The van der Waals surface area contributed by atoms with Gasteiger partial charge in [0.1, 0.15) is 5.76 Å². The summed E-state index contributed by atoms with van der Waals surface area (Å²) < 4.78 is 4.81. The average molecular weight is 252 g/mol. The second-order valence-electron chi connectivity index (χ2n) is 3.51. The quantitative estimate of drug-likeness (QED) is 0.804. The van der Waals surface area contributed by atoms with Gasteiger partial charge in [0.25, 0.3) is 5.91 Å². The molecule has 0 fully saturated rings. The van der Waals surface area contributed by atoms with Gasteiger partial charge in [0, 0.05) is 11.1 Å². The summed E-state index contributed by atoms with van der Waals surface area (Å²) in [7, 11) is 0. The monoisotopic (exact) mass is 251 g/mol. The molecule has 1 heterocycles. The third-order valence-corrected chi connectivity index (χ3v) is 2.36. The maximum absolute atomic E-state index is 11.8. The summed E-state index contributed by atoms with van der Waals surface area (Å²) in [5, 5.41) is 6.70. The maximum atomic E-state index is 11.8. The molecule has 0 aliphatic carbocycles. The Hall–Kier alpha value is -2.01. The van der Waals surface area contributed by atoms with Crippen molar-refractivity contribution >= 4 is 28.9 Å². The van der Waals surface area contributed by atoms with Crippen molar-refractivity contribution in [2.45, 2.75) is 6.92 Å². The SMILES string of the molecule is Cc1cc(C(=O)Nc2cc(Cl)ccc2N)no1. The van der Waals surface area contributed by atoms with E-state index >= 15 is 0 Å². The molecule has 1 amide bonds. The van der Waals surface area contributed by atoms with Crippen LogP contribution >= 0.6 is 11.6 Å². The molecule has 5 nitrogen and oxygen atoms in total. The first-order valence-corrected chi connectivity index (χ1v) is 5.24. The van der Waals surface area contributed by atoms with Crippen LogP contribution in [0.3, 0.4) is 0 Å². The normalized spacial score (nSPS) is 10.2. The van der Waals surface area contributed by atoms with E-state index in [1.54, 1.807) is 25.1 Å². The highest BCUT2D eigenvalue weighted by molar-refractivity contribution is 6.31. The van der Waals surface area contributed by atoms with Crippen molar-refractivity contribution in [3.63, 3.8) is 0 Å². The Balaban J connectivity index is 2.21. The lowest BCUT2D eigenvalue weighted by molar-refractivity contribution is 0.101. The molecule has 2 aromatic rings. The summed E-state index contributed by atoms with van der Waals surface area (Å²) in [6, 6.07) is 6.37. The number of hydrogen-bond acceptors (Lipinski definition) is 4. The molecule has 0 aliphatic heterocycles. The van der Waals surface area contributed by atoms with Gasteiger partial charge in [0.15, 0.2) is 5.69 Å². The van der Waals surface area contributed by atoms with Crippen molar-refractivity contribution in [1.29, 1.82) is 0 Å². The molecule has 1 aromatic carbocycles. The maximum Gasteiger partial charge on any atom is 0.277 e. The number of nitrogen functional groups attached to an aromatic ring is 1. The number of amides is 1. The van der Waals surface area contributed by atoms with Gasteiger partial charge in [-0.2, -0.15) is 0 Å². The van der Waals surface area contributed by atoms with E-state index in [-0.39, 0.29) is 5.69 Å². The second kappa shape index (κ2) is 4.47. The van der Waals surface area contributed by atoms with Crippen LogP contribution in [0.2, 0.25) is 5.02 Å². The average Bonchev–Trinajstić information content (AvgIpc) is 2.70. The van der Waals surface area contributed by atoms with Crippen LogP contribution in [0, 0.1) is 6.92 Å². The van der Waals surface area contributed by atoms with Gasteiger partial charge in [-0.05, 0) is 25.1 Å². The highest BCUT2D eigenvalue weighted by atomic mass is 35.5. The lowest BCUT2D eigenvalue weighted by atomic mass is 10.2. The van der Waals surface area contributed by atoms with Crippen molar-refractivity contribution in [2.24, 2.45) is 0 Å². The number of nitrogens with one attached hydrogen (secondary N) is 1. The van der Waals surface area contributed by atoms with E-state index in [4.69, 9.17) is 21.9 Å².